The number of hydrogen-bond acceptors (Lipinski definition) is 1. The van der Waals surface area contributed by atoms with Crippen molar-refractivity contribution in [2.24, 2.45) is 5.92 Å². The fourth-order valence-corrected chi connectivity index (χ4v) is 2.90. The maximum Gasteiger partial charge on any atom is 0.0818 e. The maximum absolute atomic E-state index is 10.4. The molecule has 1 unspecified atom stereocenters. The summed E-state index contributed by atoms with van der Waals surface area (Å²) in [5, 5.41) is 10.4. The van der Waals surface area contributed by atoms with Gasteiger partial charge in [-0.3, -0.25) is 0 Å². The van der Waals surface area contributed by atoms with E-state index in [1.807, 2.05) is 0 Å². The smallest absolute Gasteiger partial charge is 0.0818 e. The van der Waals surface area contributed by atoms with Crippen LogP contribution in [0.2, 0.25) is 0 Å². The van der Waals surface area contributed by atoms with E-state index in [1.165, 1.54) is 43.2 Å². The minimum Gasteiger partial charge on any atom is -0.388 e. The van der Waals surface area contributed by atoms with Crippen LogP contribution in [0.1, 0.15) is 54.9 Å². The third-order valence-corrected chi connectivity index (χ3v) is 3.68. The molecule has 0 amide bonds. The van der Waals surface area contributed by atoms with E-state index in [0.717, 1.165) is 5.56 Å². The predicted molar refractivity (Wildman–Crippen MR) is 67.5 cm³/mol. The SMILES string of the molecule is Cc1cc(C)cc(C(O)C2CCCCC2)c1. The molecule has 0 aromatic heterocycles. The Morgan fingerprint density at radius 2 is 1.56 bits per heavy atom. The second kappa shape index (κ2) is 5.01. The molecule has 1 fully saturated rings. The highest BCUT2D eigenvalue weighted by Gasteiger charge is 2.23. The largest absolute Gasteiger partial charge is 0.388 e. The first-order chi connectivity index (χ1) is 7.66. The number of aliphatic hydroxyl groups excluding tert-OH is 1. The van der Waals surface area contributed by atoms with Gasteiger partial charge in [-0.15, -0.1) is 0 Å². The van der Waals surface area contributed by atoms with Crippen LogP contribution in [0.15, 0.2) is 18.2 Å². The average molecular weight is 218 g/mol. The second-order valence-electron chi connectivity index (χ2n) is 5.26. The summed E-state index contributed by atoms with van der Waals surface area (Å²) in [5.41, 5.74) is 3.62. The lowest BCUT2D eigenvalue weighted by atomic mass is 9.82. The summed E-state index contributed by atoms with van der Waals surface area (Å²) in [6.07, 6.45) is 6.04. The zero-order valence-electron chi connectivity index (χ0n) is 10.4. The van der Waals surface area contributed by atoms with Crippen LogP contribution in [0.25, 0.3) is 0 Å². The number of aryl methyl sites for hydroxylation is 2. The van der Waals surface area contributed by atoms with Crippen LogP contribution in [-0.2, 0) is 0 Å². The van der Waals surface area contributed by atoms with Crippen molar-refractivity contribution in [2.75, 3.05) is 0 Å². The fourth-order valence-electron chi connectivity index (χ4n) is 2.90. The molecule has 1 aromatic carbocycles. The highest BCUT2D eigenvalue weighted by molar-refractivity contribution is 5.30. The highest BCUT2D eigenvalue weighted by Crippen LogP contribution is 2.34. The Kier molecular flexibility index (Phi) is 3.65. The fraction of sp³-hybridized carbons (Fsp3) is 0.600. The molecule has 16 heavy (non-hydrogen) atoms. The molecule has 0 spiro atoms. The number of benzene rings is 1. The van der Waals surface area contributed by atoms with Gasteiger partial charge in [0.05, 0.1) is 6.10 Å². The molecule has 1 N–H and O–H groups in total. The molecule has 1 aromatic rings. The zero-order chi connectivity index (χ0) is 11.5. The molecule has 0 heterocycles. The van der Waals surface area contributed by atoms with E-state index in [2.05, 4.69) is 32.0 Å². The van der Waals surface area contributed by atoms with E-state index in [4.69, 9.17) is 0 Å². The summed E-state index contributed by atoms with van der Waals surface area (Å²) in [7, 11) is 0. The van der Waals surface area contributed by atoms with Gasteiger partial charge in [-0.2, -0.15) is 0 Å². The molecule has 0 saturated heterocycles. The summed E-state index contributed by atoms with van der Waals surface area (Å²) in [6.45, 7) is 4.20. The van der Waals surface area contributed by atoms with E-state index >= 15 is 0 Å². The van der Waals surface area contributed by atoms with Crippen LogP contribution in [0, 0.1) is 19.8 Å². The standard InChI is InChI=1S/C15H22O/c1-11-8-12(2)10-14(9-11)15(16)13-6-4-3-5-7-13/h8-10,13,15-16H,3-7H2,1-2H3. The molecule has 1 nitrogen and oxygen atoms in total. The zero-order valence-corrected chi connectivity index (χ0v) is 10.4. The van der Waals surface area contributed by atoms with Crippen molar-refractivity contribution in [1.29, 1.82) is 0 Å². The van der Waals surface area contributed by atoms with Gasteiger partial charge in [0.1, 0.15) is 0 Å². The quantitative estimate of drug-likeness (QED) is 0.797. The van der Waals surface area contributed by atoms with Crippen molar-refractivity contribution in [3.63, 3.8) is 0 Å². The highest BCUT2D eigenvalue weighted by atomic mass is 16.3. The van der Waals surface area contributed by atoms with E-state index in [-0.39, 0.29) is 6.10 Å². The van der Waals surface area contributed by atoms with Crippen molar-refractivity contribution in [3.05, 3.63) is 34.9 Å². The first-order valence-corrected chi connectivity index (χ1v) is 6.43. The Morgan fingerprint density at radius 1 is 1.00 bits per heavy atom. The Bertz CT molecular complexity index is 330. The van der Waals surface area contributed by atoms with Crippen molar-refractivity contribution in [1.82, 2.24) is 0 Å². The maximum atomic E-state index is 10.4. The van der Waals surface area contributed by atoms with Crippen molar-refractivity contribution in [2.45, 2.75) is 52.1 Å². The molecule has 1 saturated carbocycles. The Morgan fingerprint density at radius 3 is 2.12 bits per heavy atom. The molecule has 1 aliphatic rings. The first-order valence-electron chi connectivity index (χ1n) is 6.43. The first kappa shape index (κ1) is 11.7. The van der Waals surface area contributed by atoms with Gasteiger partial charge < -0.3 is 5.11 Å². The lowest BCUT2D eigenvalue weighted by molar-refractivity contribution is 0.0847. The summed E-state index contributed by atoms with van der Waals surface area (Å²) in [4.78, 5) is 0. The molecule has 0 radical (unpaired) electrons. The van der Waals surface area contributed by atoms with Crippen molar-refractivity contribution < 1.29 is 5.11 Å². The lowest BCUT2D eigenvalue weighted by Crippen LogP contribution is -2.16. The Balaban J connectivity index is 2.15. The molecule has 1 atom stereocenters. The van der Waals surface area contributed by atoms with Gasteiger partial charge in [0, 0.05) is 0 Å². The minimum absolute atomic E-state index is 0.251. The van der Waals surface area contributed by atoms with E-state index < -0.39 is 0 Å². The number of hydrogen-bond donors (Lipinski definition) is 1. The number of rotatable bonds is 2. The molecule has 1 heteroatoms. The molecule has 2 rings (SSSR count). The number of aliphatic hydroxyl groups is 1. The normalized spacial score (nSPS) is 19.7. The van der Waals surface area contributed by atoms with Crippen LogP contribution >= 0.6 is 0 Å². The Labute approximate surface area is 98.5 Å². The van der Waals surface area contributed by atoms with Crippen LogP contribution in [0.4, 0.5) is 0 Å². The van der Waals surface area contributed by atoms with Crippen LogP contribution in [-0.4, -0.2) is 5.11 Å². The van der Waals surface area contributed by atoms with E-state index in [9.17, 15) is 5.11 Å². The molecular weight excluding hydrogens is 196 g/mol. The summed E-state index contributed by atoms with van der Waals surface area (Å²) in [5.74, 6) is 0.481. The van der Waals surface area contributed by atoms with E-state index in [0.29, 0.717) is 5.92 Å². The van der Waals surface area contributed by atoms with Crippen molar-refractivity contribution >= 4 is 0 Å². The molecule has 1 aliphatic carbocycles. The lowest BCUT2D eigenvalue weighted by Gasteiger charge is -2.27. The topological polar surface area (TPSA) is 20.2 Å². The summed E-state index contributed by atoms with van der Waals surface area (Å²) in [6, 6.07) is 6.43. The van der Waals surface area contributed by atoms with Gasteiger partial charge in [-0.1, -0.05) is 48.6 Å². The van der Waals surface area contributed by atoms with Gasteiger partial charge in [0.15, 0.2) is 0 Å². The Hall–Kier alpha value is -0.820. The monoisotopic (exact) mass is 218 g/mol. The average Bonchev–Trinajstić information content (AvgIpc) is 2.28. The van der Waals surface area contributed by atoms with E-state index in [1.54, 1.807) is 0 Å². The predicted octanol–water partition coefficient (Wildman–Crippen LogP) is 3.92. The van der Waals surface area contributed by atoms with Crippen molar-refractivity contribution in [3.8, 4) is 0 Å². The third kappa shape index (κ3) is 2.65. The molecular formula is C15H22O. The molecule has 0 bridgehead atoms. The van der Waals surface area contributed by atoms with Gasteiger partial charge in [0.25, 0.3) is 0 Å². The third-order valence-electron chi connectivity index (χ3n) is 3.68. The molecule has 88 valence electrons. The minimum atomic E-state index is -0.251. The van der Waals surface area contributed by atoms with Crippen LogP contribution < -0.4 is 0 Å². The van der Waals surface area contributed by atoms with Gasteiger partial charge in [-0.25, -0.2) is 0 Å². The van der Waals surface area contributed by atoms with Gasteiger partial charge in [0.2, 0.25) is 0 Å². The summed E-state index contributed by atoms with van der Waals surface area (Å²) >= 11 is 0. The van der Waals surface area contributed by atoms with Gasteiger partial charge in [-0.05, 0) is 38.2 Å². The summed E-state index contributed by atoms with van der Waals surface area (Å²) < 4.78 is 0. The second-order valence-corrected chi connectivity index (χ2v) is 5.26. The molecule has 0 aliphatic heterocycles. The van der Waals surface area contributed by atoms with Crippen LogP contribution in [0.5, 0.6) is 0 Å². The van der Waals surface area contributed by atoms with Gasteiger partial charge >= 0.3 is 0 Å². The van der Waals surface area contributed by atoms with Crippen LogP contribution in [0.3, 0.4) is 0 Å².